The van der Waals surface area contributed by atoms with Crippen molar-refractivity contribution in [2.24, 2.45) is 0 Å². The highest BCUT2D eigenvalue weighted by atomic mass is 79.9. The molecule has 0 atom stereocenters. The van der Waals surface area contributed by atoms with Crippen LogP contribution in [0, 0.1) is 13.8 Å². The zero-order valence-corrected chi connectivity index (χ0v) is 13.3. The molecule has 0 bridgehead atoms. The zero-order chi connectivity index (χ0) is 15.4. The van der Waals surface area contributed by atoms with Gasteiger partial charge in [0, 0.05) is 10.5 Å². The van der Waals surface area contributed by atoms with Crippen molar-refractivity contribution in [3.8, 4) is 11.5 Å². The van der Waals surface area contributed by atoms with E-state index < -0.39 is 5.97 Å². The van der Waals surface area contributed by atoms with Crippen molar-refractivity contribution in [2.75, 3.05) is 0 Å². The van der Waals surface area contributed by atoms with Gasteiger partial charge in [0.25, 0.3) is 0 Å². The number of carbonyl (C=O) groups is 1. The molecule has 0 spiro atoms. The van der Waals surface area contributed by atoms with Gasteiger partial charge in [-0.25, -0.2) is 4.79 Å². The highest BCUT2D eigenvalue weighted by Crippen LogP contribution is 2.29. The van der Waals surface area contributed by atoms with Crippen molar-refractivity contribution < 1.29 is 14.6 Å². The summed E-state index contributed by atoms with van der Waals surface area (Å²) in [6.07, 6.45) is 2.70. The van der Waals surface area contributed by atoms with Crippen molar-refractivity contribution >= 4 is 28.0 Å². The molecule has 2 rings (SSSR count). The summed E-state index contributed by atoms with van der Waals surface area (Å²) in [5.41, 5.74) is 2.86. The van der Waals surface area contributed by atoms with E-state index in [2.05, 4.69) is 15.9 Å². The highest BCUT2D eigenvalue weighted by molar-refractivity contribution is 9.10. The van der Waals surface area contributed by atoms with E-state index in [1.54, 1.807) is 6.08 Å². The van der Waals surface area contributed by atoms with Crippen molar-refractivity contribution in [1.82, 2.24) is 0 Å². The predicted molar refractivity (Wildman–Crippen MR) is 86.8 cm³/mol. The summed E-state index contributed by atoms with van der Waals surface area (Å²) in [7, 11) is 0. The summed E-state index contributed by atoms with van der Waals surface area (Å²) in [5.74, 6) is 0.554. The third-order valence-electron chi connectivity index (χ3n) is 3.02. The van der Waals surface area contributed by atoms with Gasteiger partial charge in [-0.15, -0.1) is 0 Å². The molecule has 0 unspecified atom stereocenters. The fourth-order valence-electron chi connectivity index (χ4n) is 1.87. The number of hydrogen-bond donors (Lipinski definition) is 1. The summed E-state index contributed by atoms with van der Waals surface area (Å²) in [6.45, 7) is 3.90. The Morgan fingerprint density at radius 3 is 2.57 bits per heavy atom. The maximum atomic E-state index is 10.5. The summed E-state index contributed by atoms with van der Waals surface area (Å²) in [4.78, 5) is 10.5. The third kappa shape index (κ3) is 4.20. The van der Waals surface area contributed by atoms with Gasteiger partial charge in [0.15, 0.2) is 0 Å². The van der Waals surface area contributed by atoms with Gasteiger partial charge in [-0.3, -0.25) is 0 Å². The lowest BCUT2D eigenvalue weighted by molar-refractivity contribution is -0.131. The van der Waals surface area contributed by atoms with Gasteiger partial charge in [0.1, 0.15) is 11.5 Å². The van der Waals surface area contributed by atoms with Crippen LogP contribution in [0.5, 0.6) is 11.5 Å². The van der Waals surface area contributed by atoms with Gasteiger partial charge in [0.05, 0.1) is 0 Å². The van der Waals surface area contributed by atoms with Crippen LogP contribution in [0.25, 0.3) is 6.08 Å². The molecule has 0 saturated carbocycles. The van der Waals surface area contributed by atoms with Crippen LogP contribution < -0.4 is 4.74 Å². The van der Waals surface area contributed by atoms with Gasteiger partial charge >= 0.3 is 5.97 Å². The van der Waals surface area contributed by atoms with Crippen LogP contribution in [0.2, 0.25) is 0 Å². The second-order valence-electron chi connectivity index (χ2n) is 4.70. The summed E-state index contributed by atoms with van der Waals surface area (Å²) in [5, 5.41) is 8.66. The van der Waals surface area contributed by atoms with Crippen LogP contribution in [0.1, 0.15) is 16.7 Å². The van der Waals surface area contributed by atoms with E-state index in [0.29, 0.717) is 0 Å². The lowest BCUT2D eigenvalue weighted by Gasteiger charge is -2.10. The fourth-order valence-corrected chi connectivity index (χ4v) is 2.21. The monoisotopic (exact) mass is 346 g/mol. The van der Waals surface area contributed by atoms with E-state index in [0.717, 1.165) is 38.7 Å². The van der Waals surface area contributed by atoms with E-state index in [4.69, 9.17) is 9.84 Å². The normalized spacial score (nSPS) is 10.8. The van der Waals surface area contributed by atoms with E-state index in [9.17, 15) is 4.79 Å². The second-order valence-corrected chi connectivity index (χ2v) is 5.62. The van der Waals surface area contributed by atoms with Crippen molar-refractivity contribution in [2.45, 2.75) is 13.8 Å². The van der Waals surface area contributed by atoms with Crippen LogP contribution in [-0.2, 0) is 4.79 Å². The van der Waals surface area contributed by atoms with Crippen LogP contribution in [-0.4, -0.2) is 11.1 Å². The minimum atomic E-state index is -0.959. The number of aryl methyl sites for hydroxylation is 2. The Morgan fingerprint density at radius 2 is 1.90 bits per heavy atom. The SMILES string of the molecule is Cc1cc(Oc2cc(Br)ccc2C)ccc1/C=C/C(=O)O. The number of hydrogen-bond acceptors (Lipinski definition) is 2. The Kier molecular flexibility index (Phi) is 4.81. The number of ether oxygens (including phenoxy) is 1. The Labute approximate surface area is 132 Å². The molecule has 0 saturated heterocycles. The van der Waals surface area contributed by atoms with Crippen molar-refractivity contribution in [3.05, 3.63) is 63.6 Å². The quantitative estimate of drug-likeness (QED) is 0.796. The number of aliphatic carboxylic acids is 1. The summed E-state index contributed by atoms with van der Waals surface area (Å²) in [6, 6.07) is 11.4. The largest absolute Gasteiger partial charge is 0.478 e. The average molecular weight is 347 g/mol. The van der Waals surface area contributed by atoms with E-state index in [-0.39, 0.29) is 0 Å². The number of carboxylic acid groups (broad SMARTS) is 1. The molecule has 4 heteroatoms. The minimum Gasteiger partial charge on any atom is -0.478 e. The lowest BCUT2D eigenvalue weighted by Crippen LogP contribution is -1.90. The molecule has 1 N–H and O–H groups in total. The molecule has 0 fully saturated rings. The molecule has 0 aliphatic carbocycles. The van der Waals surface area contributed by atoms with E-state index in [1.807, 2.05) is 50.2 Å². The first-order valence-electron chi connectivity index (χ1n) is 6.41. The smallest absolute Gasteiger partial charge is 0.328 e. The fraction of sp³-hybridized carbons (Fsp3) is 0.118. The number of halogens is 1. The first-order valence-corrected chi connectivity index (χ1v) is 7.20. The molecule has 3 nitrogen and oxygen atoms in total. The summed E-state index contributed by atoms with van der Waals surface area (Å²) >= 11 is 3.43. The van der Waals surface area contributed by atoms with Gasteiger partial charge < -0.3 is 9.84 Å². The number of rotatable bonds is 4. The lowest BCUT2D eigenvalue weighted by atomic mass is 10.1. The molecule has 0 heterocycles. The number of carboxylic acids is 1. The molecule has 2 aromatic rings. The molecule has 0 radical (unpaired) electrons. The maximum absolute atomic E-state index is 10.5. The molecule has 108 valence electrons. The first kappa shape index (κ1) is 15.3. The highest BCUT2D eigenvalue weighted by Gasteiger charge is 2.04. The van der Waals surface area contributed by atoms with Gasteiger partial charge in [-0.05, 0) is 60.9 Å². The molecule has 0 aliphatic heterocycles. The topological polar surface area (TPSA) is 46.5 Å². The molecule has 0 amide bonds. The van der Waals surface area contributed by atoms with Crippen LogP contribution >= 0.6 is 15.9 Å². The third-order valence-corrected chi connectivity index (χ3v) is 3.52. The zero-order valence-electron chi connectivity index (χ0n) is 11.8. The Hall–Kier alpha value is -2.07. The number of benzene rings is 2. The molecular formula is C17H15BrO3. The molecule has 21 heavy (non-hydrogen) atoms. The Balaban J connectivity index is 2.24. The van der Waals surface area contributed by atoms with Gasteiger partial charge in [-0.1, -0.05) is 28.1 Å². The second kappa shape index (κ2) is 6.59. The Morgan fingerprint density at radius 1 is 1.14 bits per heavy atom. The molecule has 2 aromatic carbocycles. The molecular weight excluding hydrogens is 332 g/mol. The standard InChI is InChI=1S/C17H15BrO3/c1-11-3-6-14(18)10-16(11)21-15-7-4-13(12(2)9-15)5-8-17(19)20/h3-10H,1-2H3,(H,19,20)/b8-5+. The van der Waals surface area contributed by atoms with Crippen LogP contribution in [0.15, 0.2) is 46.9 Å². The minimum absolute atomic E-state index is 0.723. The average Bonchev–Trinajstić information content (AvgIpc) is 2.42. The van der Waals surface area contributed by atoms with E-state index in [1.165, 1.54) is 0 Å². The molecule has 0 aliphatic rings. The van der Waals surface area contributed by atoms with Crippen LogP contribution in [0.3, 0.4) is 0 Å². The van der Waals surface area contributed by atoms with Crippen molar-refractivity contribution in [1.29, 1.82) is 0 Å². The maximum Gasteiger partial charge on any atom is 0.328 e. The first-order chi connectivity index (χ1) is 9.95. The van der Waals surface area contributed by atoms with Crippen LogP contribution in [0.4, 0.5) is 0 Å². The van der Waals surface area contributed by atoms with E-state index >= 15 is 0 Å². The Bertz CT molecular complexity index is 705. The van der Waals surface area contributed by atoms with Crippen molar-refractivity contribution in [3.63, 3.8) is 0 Å². The summed E-state index contributed by atoms with van der Waals surface area (Å²) < 4.78 is 6.84. The van der Waals surface area contributed by atoms with Gasteiger partial charge in [0.2, 0.25) is 0 Å². The molecule has 0 aromatic heterocycles. The predicted octanol–water partition coefficient (Wildman–Crippen LogP) is 4.96. The van der Waals surface area contributed by atoms with Gasteiger partial charge in [-0.2, -0.15) is 0 Å².